The Morgan fingerprint density at radius 2 is 1.87 bits per heavy atom. The third kappa shape index (κ3) is 5.38. The van der Waals surface area contributed by atoms with Crippen LogP contribution in [0, 0.1) is 6.92 Å². The summed E-state index contributed by atoms with van der Waals surface area (Å²) in [6, 6.07) is 13.5. The number of methoxy groups -OCH3 is 1. The summed E-state index contributed by atoms with van der Waals surface area (Å²) in [6.45, 7) is 3.93. The van der Waals surface area contributed by atoms with Crippen LogP contribution >= 0.6 is 23.2 Å². The lowest BCUT2D eigenvalue weighted by Gasteiger charge is -2.12. The Bertz CT molecular complexity index is 1030. The smallest absolute Gasteiger partial charge is 0.360 e. The fraction of sp³-hybridized carbons (Fsp3) is 0.348. The average Bonchev–Trinajstić information content (AvgIpc) is 3.40. The van der Waals surface area contributed by atoms with Crippen molar-refractivity contribution in [1.82, 2.24) is 0 Å². The topological polar surface area (TPSA) is 69.5 Å². The minimum Gasteiger partial charge on any atom is -0.464 e. The molecule has 2 aromatic rings. The molecule has 1 aliphatic carbocycles. The number of aryl methyl sites for hydroxylation is 1. The molecule has 1 atom stereocenters. The highest BCUT2D eigenvalue weighted by Gasteiger charge is 2.52. The molecule has 1 unspecified atom stereocenters. The fourth-order valence-corrected chi connectivity index (χ4v) is 3.86. The minimum absolute atomic E-state index is 0.0655. The van der Waals surface area contributed by atoms with Gasteiger partial charge in [-0.2, -0.15) is 0 Å². The molecule has 0 aliphatic heterocycles. The monoisotopic (exact) mass is 462 g/mol. The SMILES string of the molecule is CO/N=C(/C(=O)OC)c1cccc(C)c1CO/N=C(\C)c1cccc(C2CC2(Cl)Cl)c1. The first-order chi connectivity index (χ1) is 14.8. The van der Waals surface area contributed by atoms with E-state index in [0.717, 1.165) is 28.7 Å². The first-order valence-corrected chi connectivity index (χ1v) is 10.5. The summed E-state index contributed by atoms with van der Waals surface area (Å²) in [5, 5.41) is 8.09. The van der Waals surface area contributed by atoms with Gasteiger partial charge in [-0.1, -0.05) is 46.7 Å². The number of esters is 1. The second-order valence-corrected chi connectivity index (χ2v) is 8.85. The number of hydrogen-bond donors (Lipinski definition) is 0. The van der Waals surface area contributed by atoms with Crippen LogP contribution in [0.15, 0.2) is 52.8 Å². The van der Waals surface area contributed by atoms with Crippen molar-refractivity contribution >= 4 is 40.6 Å². The number of alkyl halides is 2. The molecule has 0 bridgehead atoms. The van der Waals surface area contributed by atoms with Crippen LogP contribution < -0.4 is 0 Å². The largest absolute Gasteiger partial charge is 0.464 e. The maximum absolute atomic E-state index is 12.2. The van der Waals surface area contributed by atoms with E-state index in [-0.39, 0.29) is 18.2 Å². The zero-order valence-electron chi connectivity index (χ0n) is 17.8. The van der Waals surface area contributed by atoms with E-state index in [1.165, 1.54) is 14.2 Å². The molecule has 6 nitrogen and oxygen atoms in total. The van der Waals surface area contributed by atoms with Crippen molar-refractivity contribution in [2.45, 2.75) is 37.1 Å². The van der Waals surface area contributed by atoms with E-state index in [1.807, 2.05) is 50.2 Å². The van der Waals surface area contributed by atoms with Crippen LogP contribution in [0.2, 0.25) is 0 Å². The maximum atomic E-state index is 12.2. The lowest BCUT2D eigenvalue weighted by molar-refractivity contribution is -0.132. The Morgan fingerprint density at radius 1 is 1.16 bits per heavy atom. The van der Waals surface area contributed by atoms with Crippen LogP contribution in [0.3, 0.4) is 0 Å². The molecule has 1 fully saturated rings. The van der Waals surface area contributed by atoms with Crippen molar-refractivity contribution in [2.24, 2.45) is 10.3 Å². The van der Waals surface area contributed by atoms with Gasteiger partial charge in [0.05, 0.1) is 12.8 Å². The standard InChI is InChI=1S/C23H24Cl2N2O4/c1-14-7-5-10-18(21(27-30-4)22(28)29-3)19(14)13-31-26-15(2)16-8-6-9-17(11-16)20-12-23(20,24)25/h5-11,20H,12-13H2,1-4H3/b26-15+,27-21+. The molecule has 0 amide bonds. The van der Waals surface area contributed by atoms with Gasteiger partial charge in [0.25, 0.3) is 0 Å². The van der Waals surface area contributed by atoms with Gasteiger partial charge in [-0.15, -0.1) is 23.2 Å². The summed E-state index contributed by atoms with van der Waals surface area (Å²) in [5.74, 6) is -0.462. The Hall–Kier alpha value is -2.57. The van der Waals surface area contributed by atoms with Gasteiger partial charge >= 0.3 is 5.97 Å². The molecule has 164 valence electrons. The van der Waals surface area contributed by atoms with E-state index < -0.39 is 10.3 Å². The first kappa shape index (κ1) is 23.1. The molecule has 0 spiro atoms. The molecule has 0 heterocycles. The third-order valence-electron chi connectivity index (χ3n) is 5.17. The highest BCUT2D eigenvalue weighted by atomic mass is 35.5. The molecule has 1 saturated carbocycles. The Morgan fingerprint density at radius 3 is 2.52 bits per heavy atom. The second kappa shape index (κ2) is 9.71. The molecule has 0 saturated heterocycles. The van der Waals surface area contributed by atoms with Crippen molar-refractivity contribution in [3.63, 3.8) is 0 Å². The molecule has 31 heavy (non-hydrogen) atoms. The Labute approximate surface area is 191 Å². The average molecular weight is 463 g/mol. The lowest BCUT2D eigenvalue weighted by Crippen LogP contribution is -2.20. The van der Waals surface area contributed by atoms with Gasteiger partial charge in [-0.25, -0.2) is 4.79 Å². The molecule has 0 N–H and O–H groups in total. The van der Waals surface area contributed by atoms with Crippen molar-refractivity contribution < 1.29 is 19.2 Å². The van der Waals surface area contributed by atoms with Gasteiger partial charge in [0.15, 0.2) is 5.71 Å². The number of hydrogen-bond acceptors (Lipinski definition) is 6. The molecular weight excluding hydrogens is 439 g/mol. The van der Waals surface area contributed by atoms with Crippen LogP contribution in [0.25, 0.3) is 0 Å². The van der Waals surface area contributed by atoms with Crippen LogP contribution in [0.5, 0.6) is 0 Å². The van der Waals surface area contributed by atoms with E-state index in [2.05, 4.69) is 10.3 Å². The van der Waals surface area contributed by atoms with Gasteiger partial charge in [-0.05, 0) is 43.0 Å². The number of carbonyl (C=O) groups is 1. The van der Waals surface area contributed by atoms with Crippen LogP contribution in [-0.4, -0.2) is 35.9 Å². The minimum atomic E-state index is -0.678. The summed E-state index contributed by atoms with van der Waals surface area (Å²) in [5.41, 5.74) is 5.04. The highest BCUT2D eigenvalue weighted by molar-refractivity contribution is 6.51. The molecule has 0 radical (unpaired) electrons. The quantitative estimate of drug-likeness (QED) is 0.236. The van der Waals surface area contributed by atoms with Gasteiger partial charge in [0.1, 0.15) is 18.1 Å². The normalized spacial score (nSPS) is 17.8. The summed E-state index contributed by atoms with van der Waals surface area (Å²) in [4.78, 5) is 22.6. The molecule has 1 aliphatic rings. The summed E-state index contributed by atoms with van der Waals surface area (Å²) >= 11 is 12.4. The summed E-state index contributed by atoms with van der Waals surface area (Å²) in [6.07, 6.45) is 0.744. The van der Waals surface area contributed by atoms with Crippen molar-refractivity contribution in [3.05, 3.63) is 70.3 Å². The summed E-state index contributed by atoms with van der Waals surface area (Å²) < 4.78 is 4.15. The predicted octanol–water partition coefficient (Wildman–Crippen LogP) is 5.12. The van der Waals surface area contributed by atoms with Crippen LogP contribution in [0.1, 0.15) is 47.1 Å². The first-order valence-electron chi connectivity index (χ1n) is 9.71. The number of benzene rings is 2. The molecule has 2 aromatic carbocycles. The second-order valence-electron chi connectivity index (χ2n) is 7.31. The van der Waals surface area contributed by atoms with Crippen molar-refractivity contribution in [2.75, 3.05) is 14.2 Å². The van der Waals surface area contributed by atoms with E-state index in [0.29, 0.717) is 11.3 Å². The fourth-order valence-electron chi connectivity index (χ4n) is 3.30. The van der Waals surface area contributed by atoms with E-state index in [9.17, 15) is 4.79 Å². The van der Waals surface area contributed by atoms with Gasteiger partial charge < -0.3 is 14.4 Å². The number of carbonyl (C=O) groups excluding carboxylic acids is 1. The van der Waals surface area contributed by atoms with Crippen LogP contribution in [0.4, 0.5) is 0 Å². The third-order valence-corrected chi connectivity index (χ3v) is 6.01. The molecule has 8 heteroatoms. The molecular formula is C23H24Cl2N2O4. The van der Waals surface area contributed by atoms with Gasteiger partial charge in [0.2, 0.25) is 0 Å². The molecule has 0 aromatic heterocycles. The van der Waals surface area contributed by atoms with Gasteiger partial charge in [-0.3, -0.25) is 0 Å². The van der Waals surface area contributed by atoms with Crippen LogP contribution in [-0.2, 0) is 25.8 Å². The van der Waals surface area contributed by atoms with Crippen molar-refractivity contribution in [3.8, 4) is 0 Å². The van der Waals surface area contributed by atoms with E-state index >= 15 is 0 Å². The number of oxime groups is 2. The zero-order chi connectivity index (χ0) is 22.6. The highest BCUT2D eigenvalue weighted by Crippen LogP contribution is 2.59. The van der Waals surface area contributed by atoms with Gasteiger partial charge in [0, 0.05) is 17.0 Å². The number of nitrogens with zero attached hydrogens (tertiary/aromatic N) is 2. The molecule has 3 rings (SSSR count). The number of halogens is 2. The zero-order valence-corrected chi connectivity index (χ0v) is 19.3. The van der Waals surface area contributed by atoms with Crippen molar-refractivity contribution in [1.29, 1.82) is 0 Å². The Balaban J connectivity index is 1.79. The summed E-state index contributed by atoms with van der Waals surface area (Å²) in [7, 11) is 2.66. The number of ether oxygens (including phenoxy) is 1. The van der Waals surface area contributed by atoms with E-state index in [1.54, 1.807) is 6.07 Å². The predicted molar refractivity (Wildman–Crippen MR) is 122 cm³/mol. The Kier molecular flexibility index (Phi) is 7.23. The number of rotatable bonds is 8. The lowest BCUT2D eigenvalue weighted by atomic mass is 9.99. The maximum Gasteiger partial charge on any atom is 0.360 e. The van der Waals surface area contributed by atoms with E-state index in [4.69, 9.17) is 37.6 Å².